The van der Waals surface area contributed by atoms with Crippen molar-refractivity contribution in [3.05, 3.63) is 57.9 Å². The third-order valence-electron chi connectivity index (χ3n) is 5.15. The zero-order chi connectivity index (χ0) is 24.3. The van der Waals surface area contributed by atoms with Crippen LogP contribution in [-0.4, -0.2) is 62.1 Å². The number of nitrogens with zero attached hydrogens (tertiary/aromatic N) is 3. The Morgan fingerprint density at radius 1 is 1.15 bits per heavy atom. The lowest BCUT2D eigenvalue weighted by atomic mass is 10.2. The maximum absolute atomic E-state index is 12.9. The number of fused-ring (bicyclic) bond motifs is 1. The van der Waals surface area contributed by atoms with Crippen molar-refractivity contribution < 1.29 is 27.5 Å². The second-order valence-corrected chi connectivity index (χ2v) is 10.7. The minimum absolute atomic E-state index is 0.0944. The van der Waals surface area contributed by atoms with Gasteiger partial charge in [0.1, 0.15) is 6.54 Å². The van der Waals surface area contributed by atoms with Crippen molar-refractivity contribution >= 4 is 55.1 Å². The second kappa shape index (κ2) is 10.4. The zero-order valence-electron chi connectivity index (χ0n) is 18.3. The molecule has 2 aromatic carbocycles. The lowest BCUT2D eigenvalue weighted by molar-refractivity contribution is -0.143. The van der Waals surface area contributed by atoms with Gasteiger partial charge in [0.15, 0.2) is 4.80 Å². The van der Waals surface area contributed by atoms with Crippen LogP contribution in [0.5, 0.6) is 0 Å². The van der Waals surface area contributed by atoms with Gasteiger partial charge < -0.3 is 14.0 Å². The first-order valence-electron chi connectivity index (χ1n) is 10.5. The third-order valence-corrected chi connectivity index (χ3v) is 8.41. The van der Waals surface area contributed by atoms with Gasteiger partial charge in [-0.2, -0.15) is 9.30 Å². The molecule has 34 heavy (non-hydrogen) atoms. The summed E-state index contributed by atoms with van der Waals surface area (Å²) in [5.74, 6) is -1.05. The fourth-order valence-electron chi connectivity index (χ4n) is 3.51. The summed E-state index contributed by atoms with van der Waals surface area (Å²) in [7, 11) is -3.67. The highest BCUT2D eigenvalue weighted by Gasteiger charge is 2.26. The van der Waals surface area contributed by atoms with Crippen LogP contribution in [0.25, 0.3) is 10.2 Å². The van der Waals surface area contributed by atoms with E-state index in [0.717, 1.165) is 4.70 Å². The van der Waals surface area contributed by atoms with E-state index in [-0.39, 0.29) is 41.5 Å². The summed E-state index contributed by atoms with van der Waals surface area (Å²) in [5, 5.41) is 0.421. The van der Waals surface area contributed by atoms with Crippen molar-refractivity contribution in [2.24, 2.45) is 4.99 Å². The van der Waals surface area contributed by atoms with Crippen LogP contribution in [0.4, 0.5) is 0 Å². The minimum Gasteiger partial charge on any atom is -0.465 e. The van der Waals surface area contributed by atoms with Gasteiger partial charge in [-0.3, -0.25) is 9.59 Å². The Hall–Kier alpha value is -2.57. The number of rotatable bonds is 6. The molecule has 4 rings (SSSR count). The Morgan fingerprint density at radius 2 is 1.85 bits per heavy atom. The molecule has 0 radical (unpaired) electrons. The van der Waals surface area contributed by atoms with Gasteiger partial charge in [0.05, 0.1) is 40.0 Å². The Bertz CT molecular complexity index is 1390. The lowest BCUT2D eigenvalue weighted by Crippen LogP contribution is -2.40. The zero-order valence-corrected chi connectivity index (χ0v) is 20.7. The number of carbonyl (C=O) groups excluding carboxylic acids is 2. The summed E-state index contributed by atoms with van der Waals surface area (Å²) in [6, 6.07) is 10.9. The van der Waals surface area contributed by atoms with E-state index in [1.54, 1.807) is 23.6 Å². The third kappa shape index (κ3) is 5.08. The molecule has 0 aliphatic carbocycles. The van der Waals surface area contributed by atoms with Gasteiger partial charge in [-0.15, -0.1) is 0 Å². The molecular weight excluding hydrogens is 502 g/mol. The molecule has 0 atom stereocenters. The SMILES string of the molecule is CCOC(=O)Cn1c(=NC(=O)c2ccc(S(=O)(=O)N3CCOCC3)cc2)sc2cccc(Cl)c21. The van der Waals surface area contributed by atoms with Crippen LogP contribution < -0.4 is 4.80 Å². The molecular formula is C22H22ClN3O6S2. The second-order valence-electron chi connectivity index (χ2n) is 7.32. The van der Waals surface area contributed by atoms with E-state index in [0.29, 0.717) is 23.8 Å². The maximum Gasteiger partial charge on any atom is 0.326 e. The van der Waals surface area contributed by atoms with Crippen molar-refractivity contribution in [3.63, 3.8) is 0 Å². The van der Waals surface area contributed by atoms with E-state index in [1.807, 2.05) is 6.07 Å². The molecule has 0 unspecified atom stereocenters. The Labute approximate surface area is 205 Å². The van der Waals surface area contributed by atoms with Crippen LogP contribution in [0, 0.1) is 0 Å². The normalized spacial score (nSPS) is 15.5. The largest absolute Gasteiger partial charge is 0.465 e. The molecule has 9 nitrogen and oxygen atoms in total. The van der Waals surface area contributed by atoms with Gasteiger partial charge in [0.25, 0.3) is 5.91 Å². The number of hydrogen-bond acceptors (Lipinski definition) is 7. The molecule has 1 fully saturated rings. The molecule has 0 N–H and O–H groups in total. The van der Waals surface area contributed by atoms with Crippen LogP contribution in [-0.2, 0) is 30.8 Å². The number of hydrogen-bond donors (Lipinski definition) is 0. The molecule has 12 heteroatoms. The molecule has 1 saturated heterocycles. The summed E-state index contributed by atoms with van der Waals surface area (Å²) < 4.78 is 39.5. The van der Waals surface area contributed by atoms with Gasteiger partial charge in [0, 0.05) is 18.7 Å². The van der Waals surface area contributed by atoms with Gasteiger partial charge in [0.2, 0.25) is 10.0 Å². The monoisotopic (exact) mass is 523 g/mol. The van der Waals surface area contributed by atoms with E-state index < -0.39 is 21.9 Å². The van der Waals surface area contributed by atoms with Crippen LogP contribution >= 0.6 is 22.9 Å². The number of halogens is 1. The van der Waals surface area contributed by atoms with Crippen molar-refractivity contribution in [1.82, 2.24) is 8.87 Å². The Balaban J connectivity index is 1.67. The van der Waals surface area contributed by atoms with Crippen LogP contribution in [0.15, 0.2) is 52.4 Å². The van der Waals surface area contributed by atoms with E-state index in [4.69, 9.17) is 21.1 Å². The molecule has 1 amide bonds. The topological polar surface area (TPSA) is 107 Å². The van der Waals surface area contributed by atoms with E-state index in [1.165, 1.54) is 39.9 Å². The quantitative estimate of drug-likeness (QED) is 0.460. The predicted octanol–water partition coefficient (Wildman–Crippen LogP) is 2.68. The van der Waals surface area contributed by atoms with E-state index in [9.17, 15) is 18.0 Å². The van der Waals surface area contributed by atoms with Gasteiger partial charge in [-0.05, 0) is 43.3 Å². The van der Waals surface area contributed by atoms with E-state index in [2.05, 4.69) is 4.99 Å². The molecule has 0 saturated carbocycles. The van der Waals surface area contributed by atoms with Gasteiger partial charge >= 0.3 is 5.97 Å². The van der Waals surface area contributed by atoms with E-state index >= 15 is 0 Å². The molecule has 3 aromatic rings. The Morgan fingerprint density at radius 3 is 2.53 bits per heavy atom. The fourth-order valence-corrected chi connectivity index (χ4v) is 6.31. The predicted molar refractivity (Wildman–Crippen MR) is 127 cm³/mol. The number of sulfonamides is 1. The highest BCUT2D eigenvalue weighted by molar-refractivity contribution is 7.89. The van der Waals surface area contributed by atoms with Gasteiger partial charge in [-0.1, -0.05) is 29.0 Å². The maximum atomic E-state index is 12.9. The van der Waals surface area contributed by atoms with Crippen LogP contribution in [0.1, 0.15) is 17.3 Å². The summed E-state index contributed by atoms with van der Waals surface area (Å²) in [6.45, 7) is 3.04. The van der Waals surface area contributed by atoms with Crippen molar-refractivity contribution in [3.8, 4) is 0 Å². The number of para-hydroxylation sites is 1. The molecule has 1 aromatic heterocycles. The number of esters is 1. The number of carbonyl (C=O) groups is 2. The average molecular weight is 524 g/mol. The summed E-state index contributed by atoms with van der Waals surface area (Å²) in [6.07, 6.45) is 0. The van der Waals surface area contributed by atoms with Crippen LogP contribution in [0.2, 0.25) is 5.02 Å². The fraction of sp³-hybridized carbons (Fsp3) is 0.318. The Kier molecular flexibility index (Phi) is 7.48. The molecule has 0 bridgehead atoms. The first kappa shape index (κ1) is 24.6. The number of ether oxygens (including phenoxy) is 2. The number of benzene rings is 2. The highest BCUT2D eigenvalue weighted by atomic mass is 35.5. The summed E-state index contributed by atoms with van der Waals surface area (Å²) in [5.41, 5.74) is 0.799. The van der Waals surface area contributed by atoms with Crippen molar-refractivity contribution in [2.75, 3.05) is 32.9 Å². The molecule has 1 aliphatic heterocycles. The smallest absolute Gasteiger partial charge is 0.326 e. The van der Waals surface area contributed by atoms with Gasteiger partial charge in [-0.25, -0.2) is 8.42 Å². The standard InChI is InChI=1S/C22H22ClN3O6S2/c1-2-32-19(27)14-26-20-17(23)4-3-5-18(20)33-22(26)24-21(28)15-6-8-16(9-7-15)34(29,30)25-10-12-31-13-11-25/h3-9H,2,10-14H2,1H3. The first-order valence-corrected chi connectivity index (χ1v) is 13.1. The first-order chi connectivity index (χ1) is 16.3. The number of amides is 1. The van der Waals surface area contributed by atoms with Crippen molar-refractivity contribution in [1.29, 1.82) is 0 Å². The summed E-state index contributed by atoms with van der Waals surface area (Å²) in [4.78, 5) is 29.6. The molecule has 0 spiro atoms. The minimum atomic E-state index is -3.67. The number of aromatic nitrogens is 1. The number of morpholine rings is 1. The lowest BCUT2D eigenvalue weighted by Gasteiger charge is -2.26. The average Bonchev–Trinajstić information content (AvgIpc) is 3.17. The molecule has 180 valence electrons. The van der Waals surface area contributed by atoms with Crippen LogP contribution in [0.3, 0.4) is 0 Å². The summed E-state index contributed by atoms with van der Waals surface area (Å²) >= 11 is 7.57. The molecule has 2 heterocycles. The molecule has 1 aliphatic rings. The highest BCUT2D eigenvalue weighted by Crippen LogP contribution is 2.25. The van der Waals surface area contributed by atoms with Crippen molar-refractivity contribution in [2.45, 2.75) is 18.4 Å². The number of thiazole rings is 1.